The molecule has 16 heavy (non-hydrogen) atoms. The first-order chi connectivity index (χ1) is 7.63. The van der Waals surface area contributed by atoms with Crippen molar-refractivity contribution in [3.63, 3.8) is 0 Å². The highest BCUT2D eigenvalue weighted by Gasteiger charge is 2.25. The van der Waals surface area contributed by atoms with Gasteiger partial charge < -0.3 is 10.3 Å². The number of nitrogens with two attached hydrogens (primary N) is 1. The Kier molecular flexibility index (Phi) is 3.33. The van der Waals surface area contributed by atoms with Crippen molar-refractivity contribution in [2.24, 2.45) is 18.7 Å². The lowest BCUT2D eigenvalue weighted by Crippen LogP contribution is -2.20. The highest BCUT2D eigenvalue weighted by molar-refractivity contribution is 5.24. The highest BCUT2D eigenvalue weighted by atomic mass is 15.1. The van der Waals surface area contributed by atoms with Gasteiger partial charge in [-0.2, -0.15) is 0 Å². The van der Waals surface area contributed by atoms with Crippen LogP contribution in [0, 0.1) is 5.92 Å². The molecule has 0 aliphatic heterocycles. The van der Waals surface area contributed by atoms with E-state index in [1.165, 1.54) is 30.1 Å². The van der Waals surface area contributed by atoms with E-state index in [0.29, 0.717) is 11.8 Å². The molecule has 3 heteroatoms. The van der Waals surface area contributed by atoms with Gasteiger partial charge in [0, 0.05) is 31.6 Å². The van der Waals surface area contributed by atoms with Gasteiger partial charge in [0.2, 0.25) is 0 Å². The predicted molar refractivity (Wildman–Crippen MR) is 66.5 cm³/mol. The molecule has 0 spiro atoms. The number of rotatable bonds is 3. The summed E-state index contributed by atoms with van der Waals surface area (Å²) in [6, 6.07) is 0. The summed E-state index contributed by atoms with van der Waals surface area (Å²) < 4.78 is 2.30. The number of hydrogen-bond donors (Lipinski definition) is 1. The van der Waals surface area contributed by atoms with Crippen LogP contribution in [0.4, 0.5) is 0 Å². The lowest BCUT2D eigenvalue weighted by molar-refractivity contribution is 0.522. The van der Waals surface area contributed by atoms with Gasteiger partial charge in [-0.25, -0.2) is 4.98 Å². The molecule has 0 saturated carbocycles. The SMILES string of the molecule is CC(C)Cc1nc2c(n1C)C(CN)CCC2. The van der Waals surface area contributed by atoms with Gasteiger partial charge in [-0.1, -0.05) is 13.8 Å². The monoisotopic (exact) mass is 221 g/mol. The zero-order valence-corrected chi connectivity index (χ0v) is 10.7. The first-order valence-corrected chi connectivity index (χ1v) is 6.38. The summed E-state index contributed by atoms with van der Waals surface area (Å²) in [7, 11) is 2.15. The highest BCUT2D eigenvalue weighted by Crippen LogP contribution is 2.31. The van der Waals surface area contributed by atoms with E-state index in [-0.39, 0.29) is 0 Å². The van der Waals surface area contributed by atoms with E-state index in [4.69, 9.17) is 10.7 Å². The average molecular weight is 221 g/mol. The van der Waals surface area contributed by atoms with Gasteiger partial charge in [-0.3, -0.25) is 0 Å². The second-order valence-corrected chi connectivity index (χ2v) is 5.34. The average Bonchev–Trinajstić information content (AvgIpc) is 2.55. The molecule has 90 valence electrons. The zero-order valence-electron chi connectivity index (χ0n) is 10.7. The van der Waals surface area contributed by atoms with Gasteiger partial charge in [0.1, 0.15) is 5.82 Å². The first-order valence-electron chi connectivity index (χ1n) is 6.38. The Morgan fingerprint density at radius 2 is 2.25 bits per heavy atom. The molecule has 3 nitrogen and oxygen atoms in total. The molecule has 1 heterocycles. The minimum absolute atomic E-state index is 0.530. The molecular formula is C13H23N3. The second-order valence-electron chi connectivity index (χ2n) is 5.34. The number of aromatic nitrogens is 2. The molecule has 2 rings (SSSR count). The fourth-order valence-corrected chi connectivity index (χ4v) is 2.74. The quantitative estimate of drug-likeness (QED) is 0.848. The molecule has 2 N–H and O–H groups in total. The maximum absolute atomic E-state index is 5.86. The molecule has 0 saturated heterocycles. The number of imidazole rings is 1. The molecule has 1 aromatic rings. The normalized spacial score (nSPS) is 20.2. The third-order valence-electron chi connectivity index (χ3n) is 3.54. The number of hydrogen-bond acceptors (Lipinski definition) is 2. The van der Waals surface area contributed by atoms with Crippen molar-refractivity contribution in [1.29, 1.82) is 0 Å². The van der Waals surface area contributed by atoms with Crippen LogP contribution >= 0.6 is 0 Å². The summed E-state index contributed by atoms with van der Waals surface area (Å²) >= 11 is 0. The largest absolute Gasteiger partial charge is 0.335 e. The second kappa shape index (κ2) is 4.58. The molecule has 1 atom stereocenters. The Morgan fingerprint density at radius 3 is 2.88 bits per heavy atom. The van der Waals surface area contributed by atoms with Crippen LogP contribution in [0.1, 0.15) is 49.8 Å². The van der Waals surface area contributed by atoms with Crippen molar-refractivity contribution in [3.8, 4) is 0 Å². The van der Waals surface area contributed by atoms with Crippen molar-refractivity contribution in [2.45, 2.75) is 45.4 Å². The summed E-state index contributed by atoms with van der Waals surface area (Å²) in [6.45, 7) is 5.25. The molecule has 0 fully saturated rings. The fourth-order valence-electron chi connectivity index (χ4n) is 2.74. The Morgan fingerprint density at radius 1 is 1.50 bits per heavy atom. The van der Waals surface area contributed by atoms with Gasteiger partial charge in [0.15, 0.2) is 0 Å². The van der Waals surface area contributed by atoms with Gasteiger partial charge >= 0.3 is 0 Å². The third-order valence-corrected chi connectivity index (χ3v) is 3.54. The van der Waals surface area contributed by atoms with E-state index < -0.39 is 0 Å². The Bertz CT molecular complexity index is 365. The summed E-state index contributed by atoms with van der Waals surface area (Å²) in [5, 5.41) is 0. The lowest BCUT2D eigenvalue weighted by atomic mass is 9.90. The summed E-state index contributed by atoms with van der Waals surface area (Å²) in [5.41, 5.74) is 8.57. The van der Waals surface area contributed by atoms with Crippen LogP contribution in [-0.4, -0.2) is 16.1 Å². The number of aryl methyl sites for hydroxylation is 1. The summed E-state index contributed by atoms with van der Waals surface area (Å²) in [5.74, 6) is 2.43. The third kappa shape index (κ3) is 2.01. The van der Waals surface area contributed by atoms with Crippen molar-refractivity contribution >= 4 is 0 Å². The molecule has 1 unspecified atom stereocenters. The van der Waals surface area contributed by atoms with Crippen LogP contribution in [0.15, 0.2) is 0 Å². The van der Waals surface area contributed by atoms with E-state index in [0.717, 1.165) is 19.4 Å². The van der Waals surface area contributed by atoms with Crippen molar-refractivity contribution in [3.05, 3.63) is 17.2 Å². The van der Waals surface area contributed by atoms with E-state index in [1.54, 1.807) is 0 Å². The van der Waals surface area contributed by atoms with Gasteiger partial charge in [0.05, 0.1) is 5.69 Å². The first kappa shape index (κ1) is 11.6. The van der Waals surface area contributed by atoms with Crippen molar-refractivity contribution in [2.75, 3.05) is 6.54 Å². The molecule has 0 amide bonds. The maximum Gasteiger partial charge on any atom is 0.109 e. The van der Waals surface area contributed by atoms with E-state index in [2.05, 4.69) is 25.5 Å². The van der Waals surface area contributed by atoms with Crippen molar-refractivity contribution in [1.82, 2.24) is 9.55 Å². The standard InChI is InChI=1S/C13H23N3/c1-9(2)7-12-15-11-6-4-5-10(8-14)13(11)16(12)3/h9-10H,4-8,14H2,1-3H3. The number of nitrogens with zero attached hydrogens (tertiary/aromatic N) is 2. The van der Waals surface area contributed by atoms with Crippen LogP contribution in [0.3, 0.4) is 0 Å². The molecular weight excluding hydrogens is 198 g/mol. The fraction of sp³-hybridized carbons (Fsp3) is 0.769. The Hall–Kier alpha value is -0.830. The van der Waals surface area contributed by atoms with Gasteiger partial charge in [-0.15, -0.1) is 0 Å². The van der Waals surface area contributed by atoms with Crippen LogP contribution in [-0.2, 0) is 19.9 Å². The molecule has 0 aromatic carbocycles. The summed E-state index contributed by atoms with van der Waals surface area (Å²) in [6.07, 6.45) is 4.68. The van der Waals surface area contributed by atoms with Crippen LogP contribution in [0.5, 0.6) is 0 Å². The summed E-state index contributed by atoms with van der Waals surface area (Å²) in [4.78, 5) is 4.80. The Balaban J connectivity index is 2.34. The molecule has 1 aromatic heterocycles. The lowest BCUT2D eigenvalue weighted by Gasteiger charge is -2.21. The smallest absolute Gasteiger partial charge is 0.109 e. The van der Waals surface area contributed by atoms with Crippen molar-refractivity contribution < 1.29 is 0 Å². The maximum atomic E-state index is 5.86. The van der Waals surface area contributed by atoms with E-state index in [1.807, 2.05) is 0 Å². The molecule has 1 aliphatic rings. The topological polar surface area (TPSA) is 43.8 Å². The van der Waals surface area contributed by atoms with Crippen LogP contribution in [0.2, 0.25) is 0 Å². The predicted octanol–water partition coefficient (Wildman–Crippen LogP) is 2.00. The van der Waals surface area contributed by atoms with Gasteiger partial charge in [0.25, 0.3) is 0 Å². The number of fused-ring (bicyclic) bond motifs is 1. The van der Waals surface area contributed by atoms with E-state index >= 15 is 0 Å². The molecule has 0 bridgehead atoms. The van der Waals surface area contributed by atoms with E-state index in [9.17, 15) is 0 Å². The zero-order chi connectivity index (χ0) is 11.7. The minimum atomic E-state index is 0.530. The minimum Gasteiger partial charge on any atom is -0.335 e. The van der Waals surface area contributed by atoms with Crippen LogP contribution in [0.25, 0.3) is 0 Å². The molecule has 1 aliphatic carbocycles. The Labute approximate surface area is 98.1 Å². The van der Waals surface area contributed by atoms with Gasteiger partial charge in [-0.05, 0) is 25.2 Å². The molecule has 0 radical (unpaired) electrons. The van der Waals surface area contributed by atoms with Crippen LogP contribution < -0.4 is 5.73 Å².